The third-order valence-corrected chi connectivity index (χ3v) is 15.5. The lowest BCUT2D eigenvalue weighted by atomic mass is 10.2. The van der Waals surface area contributed by atoms with Crippen LogP contribution in [0.1, 0.15) is 44.7 Å². The highest BCUT2D eigenvalue weighted by molar-refractivity contribution is 6.74. The Morgan fingerprint density at radius 2 is 0.983 bits per heavy atom. The maximum atomic E-state index is 12.7. The van der Waals surface area contributed by atoms with E-state index in [2.05, 4.69) is 117 Å². The third kappa shape index (κ3) is 14.4. The summed E-state index contributed by atoms with van der Waals surface area (Å²) in [6, 6.07) is 31.1. The molecule has 7 rings (SSSR count). The fourth-order valence-corrected chi connectivity index (χ4v) is 7.39. The molecule has 0 radical (unpaired) electrons. The van der Waals surface area contributed by atoms with Gasteiger partial charge in [-0.3, -0.25) is 0 Å². The molecular weight excluding hydrogens is 780 g/mol. The van der Waals surface area contributed by atoms with Crippen LogP contribution in [0.3, 0.4) is 0 Å². The number of phenolic OH excluding ortho intramolecular Hbond substituents is 1. The Morgan fingerprint density at radius 1 is 0.610 bits per heavy atom. The number of aryl methyl sites for hydroxylation is 2. The summed E-state index contributed by atoms with van der Waals surface area (Å²) < 4.78 is 11.3. The molecule has 3 N–H and O–H groups in total. The second kappa shape index (κ2) is 21.9. The Balaban J connectivity index is 0.000000234. The number of amides is 4. The standard InChI is InChI=1S/C24H35N3O2Si.C18H21N3O2.C4H8O.ClH/c1-19-7-11-21(12-8-19)26-15-17-27(18-16-26)23(28)25-20-9-13-22(14-10-20)29-30(5,6)24(2,3)4;1-14-2-6-16(7-3-14)20-10-12-21(13-11-20)18(23)19-15-4-8-17(22)9-5-15;1-2-4-5-3-1;/h7-14H,15-18H2,1-6H3,(H,25,28);2-9,22H,10-13H2,1H3,(H,19,23);1-4H2;1H. The molecule has 4 aromatic carbocycles. The molecule has 11 nitrogen and oxygen atoms in total. The molecule has 0 spiro atoms. The highest BCUT2D eigenvalue weighted by Crippen LogP contribution is 2.37. The smallest absolute Gasteiger partial charge is 0.321 e. The summed E-state index contributed by atoms with van der Waals surface area (Å²) in [4.78, 5) is 33.3. The van der Waals surface area contributed by atoms with Crippen LogP contribution in [0.15, 0.2) is 97.1 Å². The van der Waals surface area contributed by atoms with Gasteiger partial charge in [-0.15, -0.1) is 12.4 Å². The van der Waals surface area contributed by atoms with E-state index < -0.39 is 8.32 Å². The van der Waals surface area contributed by atoms with Gasteiger partial charge in [0.15, 0.2) is 0 Å². The molecule has 3 heterocycles. The molecule has 3 aliphatic heterocycles. The molecule has 4 aromatic rings. The van der Waals surface area contributed by atoms with Crippen molar-refractivity contribution in [3.8, 4) is 11.5 Å². The average Bonchev–Trinajstić information content (AvgIpc) is 3.81. The van der Waals surface area contributed by atoms with Gasteiger partial charge in [-0.25, -0.2) is 9.59 Å². The maximum absolute atomic E-state index is 12.7. The van der Waals surface area contributed by atoms with Crippen molar-refractivity contribution in [2.75, 3.05) is 86.0 Å². The molecule has 3 aliphatic rings. The van der Waals surface area contributed by atoms with Gasteiger partial charge in [-0.1, -0.05) is 56.2 Å². The number of benzene rings is 4. The molecule has 3 fully saturated rings. The van der Waals surface area contributed by atoms with E-state index in [1.807, 2.05) is 34.1 Å². The normalized spacial score (nSPS) is 15.4. The van der Waals surface area contributed by atoms with Crippen molar-refractivity contribution in [2.24, 2.45) is 0 Å². The Labute approximate surface area is 359 Å². The first-order valence-electron chi connectivity index (χ1n) is 20.6. The molecule has 4 amide bonds. The Kier molecular flexibility index (Phi) is 17.4. The first kappa shape index (κ1) is 46.8. The van der Waals surface area contributed by atoms with Gasteiger partial charge in [0, 0.05) is 88.3 Å². The molecule has 59 heavy (non-hydrogen) atoms. The van der Waals surface area contributed by atoms with E-state index >= 15 is 0 Å². The van der Waals surface area contributed by atoms with Crippen LogP contribution in [-0.2, 0) is 4.74 Å². The van der Waals surface area contributed by atoms with Gasteiger partial charge in [0.25, 0.3) is 0 Å². The first-order chi connectivity index (χ1) is 27.7. The molecule has 0 aromatic heterocycles. The number of hydrogen-bond acceptors (Lipinski definition) is 7. The molecule has 3 saturated heterocycles. The molecule has 0 saturated carbocycles. The minimum Gasteiger partial charge on any atom is -0.544 e. The van der Waals surface area contributed by atoms with Gasteiger partial charge in [0.05, 0.1) is 0 Å². The van der Waals surface area contributed by atoms with E-state index in [9.17, 15) is 14.7 Å². The summed E-state index contributed by atoms with van der Waals surface area (Å²) in [6.07, 6.45) is 2.56. The summed E-state index contributed by atoms with van der Waals surface area (Å²) in [5, 5.41) is 15.3. The average molecular weight is 846 g/mol. The van der Waals surface area contributed by atoms with Gasteiger partial charge in [0.1, 0.15) is 11.5 Å². The largest absolute Gasteiger partial charge is 0.544 e. The number of phenols is 1. The Morgan fingerprint density at radius 3 is 1.32 bits per heavy atom. The monoisotopic (exact) mass is 844 g/mol. The lowest BCUT2D eigenvalue weighted by Gasteiger charge is -2.36. The summed E-state index contributed by atoms with van der Waals surface area (Å²) in [7, 11) is -1.86. The third-order valence-electron chi connectivity index (χ3n) is 11.2. The van der Waals surface area contributed by atoms with E-state index in [4.69, 9.17) is 9.16 Å². The number of urea groups is 2. The second-order valence-corrected chi connectivity index (χ2v) is 21.5. The van der Waals surface area contributed by atoms with Crippen molar-refractivity contribution in [1.29, 1.82) is 0 Å². The molecule has 13 heteroatoms. The van der Waals surface area contributed by atoms with E-state index in [0.717, 1.165) is 50.8 Å². The van der Waals surface area contributed by atoms with E-state index in [1.54, 1.807) is 24.3 Å². The Hall–Kier alpha value is -4.91. The summed E-state index contributed by atoms with van der Waals surface area (Å²) >= 11 is 0. The number of halogens is 1. The molecule has 0 aliphatic carbocycles. The highest BCUT2D eigenvalue weighted by Gasteiger charge is 2.39. The second-order valence-electron chi connectivity index (χ2n) is 16.7. The summed E-state index contributed by atoms with van der Waals surface area (Å²) in [6.45, 7) is 23.5. The van der Waals surface area contributed by atoms with Crippen molar-refractivity contribution >= 4 is 55.5 Å². The minimum atomic E-state index is -1.86. The van der Waals surface area contributed by atoms with E-state index in [-0.39, 0.29) is 35.3 Å². The number of anilines is 4. The number of carbonyl (C=O) groups excluding carboxylic acids is 2. The van der Waals surface area contributed by atoms with Crippen molar-refractivity contribution in [3.63, 3.8) is 0 Å². The molecule has 0 atom stereocenters. The van der Waals surface area contributed by atoms with Crippen LogP contribution in [0.4, 0.5) is 32.3 Å². The van der Waals surface area contributed by atoms with E-state index in [1.165, 1.54) is 35.3 Å². The minimum absolute atomic E-state index is 0. The van der Waals surface area contributed by atoms with Crippen LogP contribution in [0.25, 0.3) is 0 Å². The quantitative estimate of drug-likeness (QED) is 0.131. The SMILES string of the molecule is C1CCOC1.Cc1ccc(N2CCN(C(=O)Nc3ccc(O)cc3)CC2)cc1.Cc1ccc(N2CCN(C(=O)Nc3ccc(O[Si](C)(C)C(C)(C)C)cc3)CC2)cc1.Cl. The molecular formula is C46H65ClN6O5Si. The van der Waals surface area contributed by atoms with Crippen LogP contribution in [-0.4, -0.2) is 101 Å². The van der Waals surface area contributed by atoms with Crippen molar-refractivity contribution < 1.29 is 23.9 Å². The highest BCUT2D eigenvalue weighted by atomic mass is 35.5. The number of hydrogen-bond donors (Lipinski definition) is 3. The van der Waals surface area contributed by atoms with Gasteiger partial charge in [-0.2, -0.15) is 0 Å². The predicted octanol–water partition coefficient (Wildman–Crippen LogP) is 10.0. The van der Waals surface area contributed by atoms with Gasteiger partial charge >= 0.3 is 12.1 Å². The number of carbonyl (C=O) groups is 2. The molecule has 320 valence electrons. The zero-order valence-electron chi connectivity index (χ0n) is 36.0. The number of piperazine rings is 2. The zero-order chi connectivity index (χ0) is 41.7. The van der Waals surface area contributed by atoms with Gasteiger partial charge in [-0.05, 0) is 118 Å². The first-order valence-corrected chi connectivity index (χ1v) is 23.5. The van der Waals surface area contributed by atoms with Crippen LogP contribution >= 0.6 is 12.4 Å². The number of aromatic hydroxyl groups is 1. The fraction of sp³-hybridized carbons (Fsp3) is 0.435. The molecule has 0 bridgehead atoms. The van der Waals surface area contributed by atoms with Crippen molar-refractivity contribution in [1.82, 2.24) is 9.80 Å². The van der Waals surface area contributed by atoms with E-state index in [0.29, 0.717) is 31.9 Å². The predicted molar refractivity (Wildman–Crippen MR) is 248 cm³/mol. The fourth-order valence-electron chi connectivity index (χ4n) is 6.36. The number of nitrogens with one attached hydrogen (secondary N) is 2. The number of rotatable bonds is 6. The maximum Gasteiger partial charge on any atom is 0.321 e. The molecule has 0 unspecified atom stereocenters. The number of nitrogens with zero attached hydrogens (tertiary/aromatic N) is 4. The lowest BCUT2D eigenvalue weighted by Crippen LogP contribution is -2.50. The van der Waals surface area contributed by atoms with Crippen LogP contribution in [0, 0.1) is 13.8 Å². The topological polar surface area (TPSA) is 110 Å². The number of ether oxygens (including phenoxy) is 1. The zero-order valence-corrected chi connectivity index (χ0v) is 37.8. The van der Waals surface area contributed by atoms with Crippen molar-refractivity contribution in [2.45, 2.75) is 65.6 Å². The van der Waals surface area contributed by atoms with Crippen molar-refractivity contribution in [3.05, 3.63) is 108 Å². The summed E-state index contributed by atoms with van der Waals surface area (Å²) in [5.41, 5.74) is 6.42. The van der Waals surface area contributed by atoms with Crippen LogP contribution in [0.2, 0.25) is 18.1 Å². The lowest BCUT2D eigenvalue weighted by molar-refractivity contribution is 0.198. The van der Waals surface area contributed by atoms with Crippen LogP contribution in [0.5, 0.6) is 11.5 Å². The van der Waals surface area contributed by atoms with Crippen LogP contribution < -0.4 is 24.9 Å². The van der Waals surface area contributed by atoms with Gasteiger partial charge < -0.3 is 44.5 Å². The Bertz CT molecular complexity index is 1860. The van der Waals surface area contributed by atoms with Gasteiger partial charge in [0.2, 0.25) is 8.32 Å². The summed E-state index contributed by atoms with van der Waals surface area (Å²) in [5.74, 6) is 1.06.